The van der Waals surface area contributed by atoms with Gasteiger partial charge in [0.25, 0.3) is 0 Å². The zero-order valence-corrected chi connectivity index (χ0v) is 21.8. The van der Waals surface area contributed by atoms with Crippen LogP contribution in [0.1, 0.15) is 105 Å². The molecule has 0 saturated carbocycles. The Balaban J connectivity index is -0.000000211. The van der Waals surface area contributed by atoms with Crippen LogP contribution in [0.3, 0.4) is 0 Å². The summed E-state index contributed by atoms with van der Waals surface area (Å²) < 4.78 is 22.4. The molecule has 6 heteroatoms. The molecule has 0 bridgehead atoms. The van der Waals surface area contributed by atoms with E-state index in [1.54, 1.807) is 0 Å². The van der Waals surface area contributed by atoms with Crippen molar-refractivity contribution in [2.75, 3.05) is 26.4 Å². The summed E-state index contributed by atoms with van der Waals surface area (Å²) >= 11 is 0. The zero-order chi connectivity index (χ0) is 21.3. The molecule has 0 saturated heterocycles. The summed E-state index contributed by atoms with van der Waals surface area (Å²) in [5.74, 6) is 0. The van der Waals surface area contributed by atoms with Gasteiger partial charge >= 0.3 is 17.1 Å². The largest absolute Gasteiger partial charge is 2.00 e. The summed E-state index contributed by atoms with van der Waals surface area (Å²) in [7, 11) is 0. The Morgan fingerprint density at radius 1 is 0.533 bits per heavy atom. The molecular formula is C24H50CuLiO4. The minimum Gasteiger partial charge on any atom is -0.353 e. The van der Waals surface area contributed by atoms with Crippen LogP contribution in [0.25, 0.3) is 0 Å². The molecule has 0 spiro atoms. The van der Waals surface area contributed by atoms with E-state index in [2.05, 4.69) is 41.5 Å². The summed E-state index contributed by atoms with van der Waals surface area (Å²) in [6.07, 6.45) is 12.9. The van der Waals surface area contributed by atoms with Gasteiger partial charge in [0.15, 0.2) is 12.6 Å². The van der Waals surface area contributed by atoms with Crippen LogP contribution in [0.15, 0.2) is 0 Å². The van der Waals surface area contributed by atoms with E-state index >= 15 is 0 Å². The number of hydrogen-bond acceptors (Lipinski definition) is 4. The van der Waals surface area contributed by atoms with Gasteiger partial charge in [0.05, 0.1) is 0 Å². The first-order chi connectivity index (χ1) is 13.7. The SMILES string of the molecule is [CH2-]CCCCC(OCCC)OCCC.[CH2-]CCCCC(OCCC)OCCC.[Cu+2].[Li]. The smallest absolute Gasteiger partial charge is 0.353 e. The van der Waals surface area contributed by atoms with Gasteiger partial charge in [-0.05, 0) is 38.5 Å². The van der Waals surface area contributed by atoms with E-state index in [0.29, 0.717) is 0 Å². The van der Waals surface area contributed by atoms with E-state index in [-0.39, 0.29) is 48.5 Å². The molecule has 0 aliphatic heterocycles. The molecule has 182 valence electrons. The first-order valence-corrected chi connectivity index (χ1v) is 11.7. The van der Waals surface area contributed by atoms with Crippen molar-refractivity contribution >= 4 is 18.9 Å². The summed E-state index contributed by atoms with van der Waals surface area (Å²) in [6, 6.07) is 0. The Bertz CT molecular complexity index is 232. The monoisotopic (exact) mass is 472 g/mol. The summed E-state index contributed by atoms with van der Waals surface area (Å²) in [6.45, 7) is 19.3. The first kappa shape index (κ1) is 38.2. The van der Waals surface area contributed by atoms with Gasteiger partial charge in [0, 0.05) is 45.3 Å². The molecule has 0 atom stereocenters. The van der Waals surface area contributed by atoms with Crippen molar-refractivity contribution in [3.8, 4) is 0 Å². The van der Waals surface area contributed by atoms with E-state index in [1.807, 2.05) is 0 Å². The van der Waals surface area contributed by atoms with E-state index in [4.69, 9.17) is 18.9 Å². The maximum Gasteiger partial charge on any atom is 2.00 e. The Kier molecular flexibility index (Phi) is 44.1. The Morgan fingerprint density at radius 2 is 0.800 bits per heavy atom. The van der Waals surface area contributed by atoms with Gasteiger partial charge in [0.1, 0.15) is 0 Å². The van der Waals surface area contributed by atoms with Crippen LogP contribution >= 0.6 is 0 Å². The first-order valence-electron chi connectivity index (χ1n) is 11.7. The maximum atomic E-state index is 5.60. The fourth-order valence-corrected chi connectivity index (χ4v) is 2.40. The molecule has 0 N–H and O–H groups in total. The molecular weight excluding hydrogens is 423 g/mol. The molecule has 0 unspecified atom stereocenters. The molecule has 0 fully saturated rings. The topological polar surface area (TPSA) is 36.9 Å². The minimum atomic E-state index is 0. The van der Waals surface area contributed by atoms with Crippen LogP contribution in [0.2, 0.25) is 0 Å². The third-order valence-electron chi connectivity index (χ3n) is 3.91. The van der Waals surface area contributed by atoms with Gasteiger partial charge in [-0.15, -0.1) is 0 Å². The van der Waals surface area contributed by atoms with Crippen molar-refractivity contribution in [1.29, 1.82) is 0 Å². The summed E-state index contributed by atoms with van der Waals surface area (Å²) in [5.41, 5.74) is 0. The second-order valence-corrected chi connectivity index (χ2v) is 7.04. The Morgan fingerprint density at radius 3 is 1.00 bits per heavy atom. The van der Waals surface area contributed by atoms with Crippen LogP contribution in [0.5, 0.6) is 0 Å². The standard InChI is InChI=1S/2C12H25O2.Cu.Li/c2*1-4-7-8-9-12(13-10-5-2)14-11-6-3;;/h2*12H,1,4-11H2,2-3H3;;/q2*-1;+2;. The van der Waals surface area contributed by atoms with E-state index in [9.17, 15) is 0 Å². The van der Waals surface area contributed by atoms with Crippen molar-refractivity contribution in [2.45, 2.75) is 117 Å². The van der Waals surface area contributed by atoms with Gasteiger partial charge in [-0.3, -0.25) is 0 Å². The molecule has 0 heterocycles. The summed E-state index contributed by atoms with van der Waals surface area (Å²) in [4.78, 5) is 0. The molecule has 0 amide bonds. The van der Waals surface area contributed by atoms with Crippen molar-refractivity contribution in [2.24, 2.45) is 0 Å². The Hall–Kier alpha value is 0.957. The van der Waals surface area contributed by atoms with Gasteiger partial charge in [-0.25, -0.2) is 0 Å². The third kappa shape index (κ3) is 31.1. The quantitative estimate of drug-likeness (QED) is 0.0850. The molecule has 0 aliphatic carbocycles. The number of hydrogen-bond donors (Lipinski definition) is 0. The van der Waals surface area contributed by atoms with Crippen molar-refractivity contribution in [3.63, 3.8) is 0 Å². The van der Waals surface area contributed by atoms with Crippen LogP contribution in [0.4, 0.5) is 0 Å². The van der Waals surface area contributed by atoms with Crippen LogP contribution in [0, 0.1) is 13.8 Å². The summed E-state index contributed by atoms with van der Waals surface area (Å²) in [5, 5.41) is 0. The predicted octanol–water partition coefficient (Wildman–Crippen LogP) is 6.74. The van der Waals surface area contributed by atoms with Gasteiger partial charge in [-0.2, -0.15) is 12.8 Å². The molecule has 2 radical (unpaired) electrons. The van der Waals surface area contributed by atoms with Crippen LogP contribution < -0.4 is 0 Å². The fourth-order valence-electron chi connectivity index (χ4n) is 2.40. The van der Waals surface area contributed by atoms with Crippen LogP contribution in [-0.2, 0) is 36.0 Å². The van der Waals surface area contributed by atoms with Gasteiger partial charge in [0.2, 0.25) is 0 Å². The molecule has 0 aromatic rings. The van der Waals surface area contributed by atoms with Gasteiger partial charge in [-0.1, -0.05) is 53.4 Å². The number of ether oxygens (including phenoxy) is 4. The Labute approximate surface area is 211 Å². The minimum absolute atomic E-state index is 0. The molecule has 0 aromatic heterocycles. The zero-order valence-electron chi connectivity index (χ0n) is 20.8. The molecule has 30 heavy (non-hydrogen) atoms. The van der Waals surface area contributed by atoms with E-state index in [1.165, 1.54) is 12.8 Å². The second-order valence-electron chi connectivity index (χ2n) is 7.04. The normalized spacial score (nSPS) is 10.4. The molecule has 0 aromatic carbocycles. The third-order valence-corrected chi connectivity index (χ3v) is 3.91. The molecule has 0 aliphatic rings. The molecule has 0 rings (SSSR count). The average molecular weight is 473 g/mol. The van der Waals surface area contributed by atoms with Gasteiger partial charge < -0.3 is 32.8 Å². The maximum absolute atomic E-state index is 5.60. The van der Waals surface area contributed by atoms with Crippen molar-refractivity contribution in [1.82, 2.24) is 0 Å². The van der Waals surface area contributed by atoms with E-state index in [0.717, 1.165) is 90.6 Å². The fraction of sp³-hybridized carbons (Fsp3) is 0.917. The second kappa shape index (κ2) is 34.6. The molecule has 4 nitrogen and oxygen atoms in total. The number of rotatable bonds is 20. The van der Waals surface area contributed by atoms with Crippen LogP contribution in [-0.4, -0.2) is 57.9 Å². The number of unbranched alkanes of at least 4 members (excludes halogenated alkanes) is 4. The predicted molar refractivity (Wildman–Crippen MR) is 126 cm³/mol. The average Bonchev–Trinajstić information content (AvgIpc) is 2.72. The van der Waals surface area contributed by atoms with Crippen molar-refractivity contribution < 1.29 is 36.0 Å². The van der Waals surface area contributed by atoms with E-state index < -0.39 is 0 Å². The van der Waals surface area contributed by atoms with Crippen molar-refractivity contribution in [3.05, 3.63) is 13.8 Å².